The first-order valence-electron chi connectivity index (χ1n) is 4.00. The third-order valence-corrected chi connectivity index (χ3v) is 2.42. The predicted molar refractivity (Wildman–Crippen MR) is 49.3 cm³/mol. The fourth-order valence-corrected chi connectivity index (χ4v) is 1.47. The summed E-state index contributed by atoms with van der Waals surface area (Å²) in [5.41, 5.74) is -0.386. The summed E-state index contributed by atoms with van der Waals surface area (Å²) >= 11 is 0.285. The van der Waals surface area contributed by atoms with Crippen LogP contribution >= 0.6 is 11.8 Å². The Balaban J connectivity index is 2.81. The topological polar surface area (TPSA) is 20.2 Å². The van der Waals surface area contributed by atoms with Crippen molar-refractivity contribution in [1.29, 1.82) is 0 Å². The summed E-state index contributed by atoms with van der Waals surface area (Å²) in [6.07, 6.45) is 0. The summed E-state index contributed by atoms with van der Waals surface area (Å²) in [6, 6.07) is 4.41. The average Bonchev–Trinajstić information content (AvgIpc) is 2.18. The monoisotopic (exact) mass is 240 g/mol. The van der Waals surface area contributed by atoms with Gasteiger partial charge in [-0.1, -0.05) is 23.9 Å². The summed E-state index contributed by atoms with van der Waals surface area (Å²) in [5, 5.41) is 8.39. The number of aliphatic hydroxyl groups excluding tert-OH is 1. The lowest BCUT2D eigenvalue weighted by Gasteiger charge is -2.13. The summed E-state index contributed by atoms with van der Waals surface area (Å²) in [7, 11) is 0. The van der Waals surface area contributed by atoms with Gasteiger partial charge in [0.1, 0.15) is 6.61 Å². The van der Waals surface area contributed by atoms with E-state index in [-0.39, 0.29) is 22.2 Å². The van der Waals surface area contributed by atoms with E-state index in [4.69, 9.17) is 5.11 Å². The smallest absolute Gasteiger partial charge is 0.295 e. The van der Waals surface area contributed by atoms with Crippen molar-refractivity contribution in [2.45, 2.75) is 16.6 Å². The molecule has 1 aromatic carbocycles. The molecule has 1 nitrogen and oxygen atoms in total. The van der Waals surface area contributed by atoms with E-state index in [1.807, 2.05) is 0 Å². The summed E-state index contributed by atoms with van der Waals surface area (Å²) in [6.45, 7) is -1.30. The minimum atomic E-state index is -3.33. The lowest BCUT2D eigenvalue weighted by molar-refractivity contribution is -0.0556. The number of rotatable bonds is 4. The van der Waals surface area contributed by atoms with Crippen LogP contribution in [0.2, 0.25) is 0 Å². The van der Waals surface area contributed by atoms with Crippen LogP contribution in [0.1, 0.15) is 5.56 Å². The Morgan fingerprint density at radius 1 is 1.20 bits per heavy atom. The number of halogens is 4. The second kappa shape index (κ2) is 4.85. The molecule has 0 aliphatic heterocycles. The molecule has 0 unspecified atom stereocenters. The maximum atomic E-state index is 12.9. The summed E-state index contributed by atoms with van der Waals surface area (Å²) in [4.78, 5) is 0.211. The Morgan fingerprint density at radius 3 is 2.13 bits per heavy atom. The van der Waals surface area contributed by atoms with Crippen molar-refractivity contribution < 1.29 is 22.7 Å². The molecule has 0 radical (unpaired) electrons. The largest absolute Gasteiger partial charge is 0.390 e. The van der Waals surface area contributed by atoms with Gasteiger partial charge in [0, 0.05) is 10.5 Å². The molecule has 0 heterocycles. The molecule has 0 spiro atoms. The van der Waals surface area contributed by atoms with E-state index in [0.717, 1.165) is 12.1 Å². The van der Waals surface area contributed by atoms with E-state index in [2.05, 4.69) is 0 Å². The van der Waals surface area contributed by atoms with Crippen molar-refractivity contribution in [3.05, 3.63) is 29.8 Å². The molecular formula is C9H8F4OS. The van der Waals surface area contributed by atoms with Crippen LogP contribution in [0.25, 0.3) is 0 Å². The Kier molecular flexibility index (Phi) is 3.98. The van der Waals surface area contributed by atoms with Gasteiger partial charge in [0.05, 0.1) is 0 Å². The highest BCUT2D eigenvalue weighted by atomic mass is 32.2. The lowest BCUT2D eigenvalue weighted by atomic mass is 10.1. The molecule has 0 aliphatic rings. The first kappa shape index (κ1) is 12.3. The molecule has 0 amide bonds. The van der Waals surface area contributed by atoms with Crippen molar-refractivity contribution >= 4 is 11.8 Å². The van der Waals surface area contributed by atoms with E-state index in [1.165, 1.54) is 12.1 Å². The Hall–Kier alpha value is -0.750. The van der Waals surface area contributed by atoms with Crippen molar-refractivity contribution in [2.75, 3.05) is 6.61 Å². The van der Waals surface area contributed by atoms with Crippen LogP contribution in [0.4, 0.5) is 17.6 Å². The predicted octanol–water partition coefficient (Wildman–Crippen LogP) is 3.09. The van der Waals surface area contributed by atoms with Crippen LogP contribution < -0.4 is 0 Å². The zero-order chi connectivity index (χ0) is 11.5. The second-order valence-electron chi connectivity index (χ2n) is 2.77. The second-order valence-corrected chi connectivity index (χ2v) is 3.83. The van der Waals surface area contributed by atoms with Crippen LogP contribution in [0.3, 0.4) is 0 Å². The van der Waals surface area contributed by atoms with E-state index in [1.54, 1.807) is 0 Å². The van der Waals surface area contributed by atoms with Crippen LogP contribution in [0, 0.1) is 0 Å². The molecule has 15 heavy (non-hydrogen) atoms. The highest BCUT2D eigenvalue weighted by Crippen LogP contribution is 2.30. The molecule has 1 N–H and O–H groups in total. The molecule has 6 heteroatoms. The Bertz CT molecular complexity index is 312. The zero-order valence-electron chi connectivity index (χ0n) is 7.46. The molecule has 0 bridgehead atoms. The zero-order valence-corrected chi connectivity index (χ0v) is 8.28. The molecule has 0 aromatic heterocycles. The number of benzene rings is 1. The number of thioether (sulfide) groups is 1. The first-order chi connectivity index (χ1) is 6.95. The fraction of sp³-hybridized carbons (Fsp3) is 0.333. The number of aliphatic hydroxyl groups is 1. The van der Waals surface area contributed by atoms with Gasteiger partial charge in [0.25, 0.3) is 11.7 Å². The van der Waals surface area contributed by atoms with Crippen LogP contribution in [-0.4, -0.2) is 17.5 Å². The van der Waals surface area contributed by atoms with Gasteiger partial charge < -0.3 is 5.11 Å². The third kappa shape index (κ3) is 3.39. The standard InChI is InChI=1S/C9H8F4OS/c10-8(11)15-7-3-1-6(2-4-7)9(12,13)5-14/h1-4,8,14H,5H2. The van der Waals surface area contributed by atoms with Gasteiger partial charge in [-0.05, 0) is 12.1 Å². The maximum absolute atomic E-state index is 12.9. The molecule has 0 saturated heterocycles. The van der Waals surface area contributed by atoms with Gasteiger partial charge in [-0.25, -0.2) is 0 Å². The normalized spacial score (nSPS) is 12.1. The molecular weight excluding hydrogens is 232 g/mol. The Labute approximate surface area is 88.1 Å². The van der Waals surface area contributed by atoms with Gasteiger partial charge >= 0.3 is 0 Å². The number of hydrogen-bond acceptors (Lipinski definition) is 2. The SMILES string of the molecule is OCC(F)(F)c1ccc(SC(F)F)cc1. The van der Waals surface area contributed by atoms with Gasteiger partial charge in [-0.15, -0.1) is 0 Å². The lowest BCUT2D eigenvalue weighted by Crippen LogP contribution is -2.18. The summed E-state index contributed by atoms with van der Waals surface area (Å²) in [5.74, 6) is -5.90. The van der Waals surface area contributed by atoms with Crippen molar-refractivity contribution in [1.82, 2.24) is 0 Å². The van der Waals surface area contributed by atoms with E-state index >= 15 is 0 Å². The van der Waals surface area contributed by atoms with Gasteiger partial charge in [-0.3, -0.25) is 0 Å². The number of hydrogen-bond donors (Lipinski definition) is 1. The molecule has 0 aliphatic carbocycles. The summed E-state index contributed by atoms with van der Waals surface area (Å²) < 4.78 is 49.5. The average molecular weight is 240 g/mol. The van der Waals surface area contributed by atoms with E-state index in [9.17, 15) is 17.6 Å². The van der Waals surface area contributed by atoms with E-state index in [0.29, 0.717) is 0 Å². The fourth-order valence-electron chi connectivity index (χ4n) is 0.971. The van der Waals surface area contributed by atoms with Gasteiger partial charge in [0.2, 0.25) is 0 Å². The van der Waals surface area contributed by atoms with Crippen molar-refractivity contribution in [2.24, 2.45) is 0 Å². The van der Waals surface area contributed by atoms with Crippen molar-refractivity contribution in [3.8, 4) is 0 Å². The minimum absolute atomic E-state index is 0.211. The molecule has 1 aromatic rings. The van der Waals surface area contributed by atoms with Crippen LogP contribution in [0.15, 0.2) is 29.2 Å². The minimum Gasteiger partial charge on any atom is -0.390 e. The van der Waals surface area contributed by atoms with Crippen molar-refractivity contribution in [3.63, 3.8) is 0 Å². The molecule has 0 fully saturated rings. The molecule has 0 saturated carbocycles. The van der Waals surface area contributed by atoms with Crippen LogP contribution in [-0.2, 0) is 5.92 Å². The third-order valence-electron chi connectivity index (χ3n) is 1.70. The van der Waals surface area contributed by atoms with Crippen LogP contribution in [0.5, 0.6) is 0 Å². The highest BCUT2D eigenvalue weighted by molar-refractivity contribution is 7.99. The molecule has 84 valence electrons. The quantitative estimate of drug-likeness (QED) is 0.644. The Morgan fingerprint density at radius 2 is 1.73 bits per heavy atom. The highest BCUT2D eigenvalue weighted by Gasteiger charge is 2.30. The molecule has 1 rings (SSSR count). The number of alkyl halides is 4. The first-order valence-corrected chi connectivity index (χ1v) is 4.88. The molecule has 0 atom stereocenters. The van der Waals surface area contributed by atoms with E-state index < -0.39 is 18.3 Å². The van der Waals surface area contributed by atoms with Gasteiger partial charge in [0.15, 0.2) is 0 Å². The maximum Gasteiger partial charge on any atom is 0.295 e. The van der Waals surface area contributed by atoms with Gasteiger partial charge in [-0.2, -0.15) is 17.6 Å².